The van der Waals surface area contributed by atoms with E-state index in [1.807, 2.05) is 37.8 Å². The predicted molar refractivity (Wildman–Crippen MR) is 107 cm³/mol. The van der Waals surface area contributed by atoms with Gasteiger partial charge in [0, 0.05) is 37.8 Å². The average Bonchev–Trinajstić information content (AvgIpc) is 2.69. The zero-order valence-electron chi connectivity index (χ0n) is 16.6. The van der Waals surface area contributed by atoms with Crippen LogP contribution < -0.4 is 9.80 Å². The highest BCUT2D eigenvalue weighted by atomic mass is 19.1. The molecule has 0 unspecified atom stereocenters. The molecule has 1 fully saturated rings. The van der Waals surface area contributed by atoms with Gasteiger partial charge in [-0.25, -0.2) is 29.3 Å². The van der Waals surface area contributed by atoms with Gasteiger partial charge in [0.25, 0.3) is 0 Å². The summed E-state index contributed by atoms with van der Waals surface area (Å²) in [5, 5.41) is 0.928. The lowest BCUT2D eigenvalue weighted by Crippen LogP contribution is -2.47. The molecule has 0 N–H and O–H groups in total. The number of hydrogen-bond donors (Lipinski definition) is 0. The molecule has 4 heterocycles. The first-order valence-corrected chi connectivity index (χ1v) is 9.45. The molecular formula is C20H24FN7. The predicted octanol–water partition coefficient (Wildman–Crippen LogP) is 2.89. The summed E-state index contributed by atoms with van der Waals surface area (Å²) in [6.07, 6.45) is 3.27. The number of rotatable bonds is 2. The highest BCUT2D eigenvalue weighted by Gasteiger charge is 2.27. The molecule has 3 aromatic rings. The van der Waals surface area contributed by atoms with Crippen LogP contribution in [0.2, 0.25) is 0 Å². The van der Waals surface area contributed by atoms with E-state index in [9.17, 15) is 4.39 Å². The van der Waals surface area contributed by atoms with Gasteiger partial charge in [0.1, 0.15) is 18.0 Å². The van der Waals surface area contributed by atoms with Crippen LogP contribution in [0.5, 0.6) is 0 Å². The highest BCUT2D eigenvalue weighted by Crippen LogP contribution is 2.27. The smallest absolute Gasteiger partial charge is 0.186 e. The van der Waals surface area contributed by atoms with Gasteiger partial charge in [0.15, 0.2) is 17.3 Å². The van der Waals surface area contributed by atoms with Crippen molar-refractivity contribution in [3.05, 3.63) is 42.0 Å². The Balaban J connectivity index is 1.59. The van der Waals surface area contributed by atoms with E-state index in [0.717, 1.165) is 11.2 Å². The zero-order valence-corrected chi connectivity index (χ0v) is 16.6. The van der Waals surface area contributed by atoms with E-state index < -0.39 is 0 Å². The molecule has 1 aliphatic heterocycles. The molecular weight excluding hydrogens is 357 g/mol. The van der Waals surface area contributed by atoms with Gasteiger partial charge in [-0.2, -0.15) is 0 Å². The molecule has 0 amide bonds. The lowest BCUT2D eigenvalue weighted by molar-refractivity contribution is 0.516. The van der Waals surface area contributed by atoms with Gasteiger partial charge in [-0.15, -0.1) is 0 Å². The Morgan fingerprint density at radius 3 is 2.29 bits per heavy atom. The first-order valence-electron chi connectivity index (χ1n) is 9.45. The molecule has 0 spiro atoms. The van der Waals surface area contributed by atoms with Crippen LogP contribution in [-0.4, -0.2) is 51.1 Å². The van der Waals surface area contributed by atoms with Crippen LogP contribution in [0, 0.1) is 12.7 Å². The number of aromatic nitrogens is 5. The van der Waals surface area contributed by atoms with Crippen molar-refractivity contribution in [3.8, 4) is 0 Å². The van der Waals surface area contributed by atoms with E-state index >= 15 is 0 Å². The van der Waals surface area contributed by atoms with Crippen molar-refractivity contribution in [1.82, 2.24) is 24.9 Å². The molecule has 7 nitrogen and oxygen atoms in total. The Morgan fingerprint density at radius 1 is 0.929 bits per heavy atom. The maximum atomic E-state index is 14.8. The number of nitrogens with zero attached hydrogens (tertiary/aromatic N) is 7. The fourth-order valence-corrected chi connectivity index (χ4v) is 3.35. The minimum atomic E-state index is -0.335. The second-order valence-corrected chi connectivity index (χ2v) is 8.07. The maximum Gasteiger partial charge on any atom is 0.186 e. The molecule has 8 heteroatoms. The third kappa shape index (κ3) is 3.34. The van der Waals surface area contributed by atoms with E-state index in [2.05, 4.69) is 29.8 Å². The summed E-state index contributed by atoms with van der Waals surface area (Å²) >= 11 is 0. The van der Waals surface area contributed by atoms with Crippen molar-refractivity contribution < 1.29 is 4.39 Å². The SMILES string of the molecule is Cc1nc(C(C)(C)C)nc(N2CCN(c3ncnc4ncccc34)CC2)c1F. The number of aryl methyl sites for hydroxylation is 1. The van der Waals surface area contributed by atoms with Crippen molar-refractivity contribution >= 4 is 22.7 Å². The van der Waals surface area contributed by atoms with E-state index in [0.29, 0.717) is 49.2 Å². The number of fused-ring (bicyclic) bond motifs is 1. The topological polar surface area (TPSA) is 70.9 Å². The first-order chi connectivity index (χ1) is 13.3. The second kappa shape index (κ2) is 6.92. The van der Waals surface area contributed by atoms with Gasteiger partial charge < -0.3 is 9.80 Å². The normalized spacial score (nSPS) is 15.3. The van der Waals surface area contributed by atoms with Gasteiger partial charge in [-0.3, -0.25) is 0 Å². The zero-order chi connectivity index (χ0) is 19.9. The van der Waals surface area contributed by atoms with Crippen molar-refractivity contribution in [3.63, 3.8) is 0 Å². The van der Waals surface area contributed by atoms with Gasteiger partial charge >= 0.3 is 0 Å². The first kappa shape index (κ1) is 18.5. The van der Waals surface area contributed by atoms with Crippen molar-refractivity contribution in [1.29, 1.82) is 0 Å². The summed E-state index contributed by atoms with van der Waals surface area (Å²) in [6, 6.07) is 3.87. The number of pyridine rings is 1. The van der Waals surface area contributed by atoms with Crippen LogP contribution >= 0.6 is 0 Å². The van der Waals surface area contributed by atoms with Gasteiger partial charge in [0.05, 0.1) is 11.1 Å². The number of anilines is 2. The molecule has 4 rings (SSSR count). The quantitative estimate of drug-likeness (QED) is 0.676. The minimum Gasteiger partial charge on any atom is -0.352 e. The van der Waals surface area contributed by atoms with E-state index in [1.54, 1.807) is 19.4 Å². The average molecular weight is 381 g/mol. The Morgan fingerprint density at radius 2 is 1.61 bits per heavy atom. The summed E-state index contributed by atoms with van der Waals surface area (Å²) in [5.74, 6) is 1.59. The monoisotopic (exact) mass is 381 g/mol. The van der Waals surface area contributed by atoms with E-state index in [4.69, 9.17) is 0 Å². The standard InChI is InChI=1S/C20H24FN7/c1-13-15(21)18(26-19(25-13)20(2,3)4)28-10-8-27(9-11-28)17-14-6-5-7-22-16(14)23-12-24-17/h5-7,12H,8-11H2,1-4H3. The lowest BCUT2D eigenvalue weighted by atomic mass is 9.95. The summed E-state index contributed by atoms with van der Waals surface area (Å²) in [6.45, 7) is 10.6. The van der Waals surface area contributed by atoms with Crippen LogP contribution in [0.15, 0.2) is 24.7 Å². The van der Waals surface area contributed by atoms with Crippen LogP contribution in [0.25, 0.3) is 11.0 Å². The number of halogens is 1. The lowest BCUT2D eigenvalue weighted by Gasteiger charge is -2.36. The largest absolute Gasteiger partial charge is 0.352 e. The van der Waals surface area contributed by atoms with Crippen LogP contribution in [0.1, 0.15) is 32.3 Å². The van der Waals surface area contributed by atoms with Crippen LogP contribution in [0.4, 0.5) is 16.0 Å². The van der Waals surface area contributed by atoms with Gasteiger partial charge in [-0.1, -0.05) is 20.8 Å². The van der Waals surface area contributed by atoms with Crippen LogP contribution in [-0.2, 0) is 5.41 Å². The number of piperazine rings is 1. The molecule has 0 atom stereocenters. The fraction of sp³-hybridized carbons (Fsp3) is 0.450. The maximum absolute atomic E-state index is 14.8. The molecule has 0 saturated carbocycles. The van der Waals surface area contributed by atoms with E-state index in [-0.39, 0.29) is 11.2 Å². The Hall–Kier alpha value is -2.90. The van der Waals surface area contributed by atoms with Crippen molar-refractivity contribution in [2.75, 3.05) is 36.0 Å². The Bertz CT molecular complexity index is 1000. The molecule has 0 bridgehead atoms. The molecule has 0 radical (unpaired) electrons. The summed E-state index contributed by atoms with van der Waals surface area (Å²) < 4.78 is 14.8. The van der Waals surface area contributed by atoms with Gasteiger partial charge in [-0.05, 0) is 19.1 Å². The molecule has 1 saturated heterocycles. The number of hydrogen-bond acceptors (Lipinski definition) is 7. The molecule has 146 valence electrons. The fourth-order valence-electron chi connectivity index (χ4n) is 3.35. The molecule has 3 aromatic heterocycles. The Labute approximate surface area is 163 Å². The van der Waals surface area contributed by atoms with Crippen LogP contribution in [0.3, 0.4) is 0 Å². The molecule has 28 heavy (non-hydrogen) atoms. The third-order valence-electron chi connectivity index (χ3n) is 4.94. The summed E-state index contributed by atoms with van der Waals surface area (Å²) in [5.41, 5.74) is 0.842. The molecule has 0 aliphatic carbocycles. The third-order valence-corrected chi connectivity index (χ3v) is 4.94. The Kier molecular flexibility index (Phi) is 4.56. The summed E-state index contributed by atoms with van der Waals surface area (Å²) in [4.78, 5) is 26.1. The highest BCUT2D eigenvalue weighted by molar-refractivity contribution is 5.86. The van der Waals surface area contributed by atoms with E-state index in [1.165, 1.54) is 0 Å². The molecule has 1 aliphatic rings. The summed E-state index contributed by atoms with van der Waals surface area (Å²) in [7, 11) is 0. The van der Waals surface area contributed by atoms with Crippen molar-refractivity contribution in [2.45, 2.75) is 33.1 Å². The minimum absolute atomic E-state index is 0.234. The van der Waals surface area contributed by atoms with Gasteiger partial charge in [0.2, 0.25) is 0 Å². The van der Waals surface area contributed by atoms with Crippen molar-refractivity contribution in [2.24, 2.45) is 0 Å². The second-order valence-electron chi connectivity index (χ2n) is 8.07. The molecule has 0 aromatic carbocycles.